The Kier molecular flexibility index (Phi) is 15.1. The number of amides is 3. The minimum absolute atomic E-state index is 0.120. The highest BCUT2D eigenvalue weighted by Crippen LogP contribution is 2.39. The summed E-state index contributed by atoms with van der Waals surface area (Å²) < 4.78 is 15.7. The number of esters is 1. The molecule has 3 amide bonds. The van der Waals surface area contributed by atoms with Gasteiger partial charge in [-0.1, -0.05) is 72.7 Å². The Morgan fingerprint density at radius 1 is 0.833 bits per heavy atom. The lowest BCUT2D eigenvalue weighted by atomic mass is 9.84. The number of para-hydroxylation sites is 2. The normalized spacial score (nSPS) is 20.2. The summed E-state index contributed by atoms with van der Waals surface area (Å²) >= 11 is 1.45. The number of pyridine rings is 1. The van der Waals surface area contributed by atoms with Crippen molar-refractivity contribution in [3.8, 4) is 16.9 Å². The number of nitrogens with zero attached hydrogens (tertiary/aromatic N) is 7. The van der Waals surface area contributed by atoms with Gasteiger partial charge >= 0.3 is 5.97 Å². The van der Waals surface area contributed by atoms with E-state index in [4.69, 9.17) is 19.6 Å². The van der Waals surface area contributed by atoms with E-state index in [0.29, 0.717) is 66.4 Å². The van der Waals surface area contributed by atoms with Crippen LogP contribution in [0.15, 0.2) is 91.0 Å². The Morgan fingerprint density at radius 3 is 2.44 bits per heavy atom. The fraction of sp³-hybridized carbons (Fsp3) is 0.435. The second kappa shape index (κ2) is 22.3. The van der Waals surface area contributed by atoms with Crippen LogP contribution in [-0.4, -0.2) is 98.8 Å². The molecule has 406 valence electrons. The number of piperidine rings is 1. The summed E-state index contributed by atoms with van der Waals surface area (Å²) in [4.78, 5) is 69.6. The third-order valence-corrected chi connectivity index (χ3v) is 17.3. The van der Waals surface area contributed by atoms with E-state index in [0.717, 1.165) is 112 Å². The van der Waals surface area contributed by atoms with Crippen LogP contribution < -0.4 is 25.2 Å². The Morgan fingerprint density at radius 2 is 1.64 bits per heavy atom. The monoisotopic (exact) mass is 1070 g/mol. The molecule has 16 heteroatoms. The van der Waals surface area contributed by atoms with Crippen molar-refractivity contribution in [3.63, 3.8) is 0 Å². The van der Waals surface area contributed by atoms with Gasteiger partial charge in [0, 0.05) is 68.7 Å². The van der Waals surface area contributed by atoms with Crippen molar-refractivity contribution in [1.29, 1.82) is 0 Å². The predicted molar refractivity (Wildman–Crippen MR) is 308 cm³/mol. The van der Waals surface area contributed by atoms with Gasteiger partial charge in [-0.05, 0) is 157 Å². The van der Waals surface area contributed by atoms with E-state index in [9.17, 15) is 19.2 Å². The van der Waals surface area contributed by atoms with Crippen LogP contribution in [0.5, 0.6) is 5.75 Å². The second-order valence-corrected chi connectivity index (χ2v) is 23.9. The first kappa shape index (κ1) is 52.9. The largest absolute Gasteiger partial charge is 0.490 e. The summed E-state index contributed by atoms with van der Waals surface area (Å²) in [5.41, 5.74) is 8.47. The van der Waals surface area contributed by atoms with Gasteiger partial charge in [-0.3, -0.25) is 34.6 Å². The summed E-state index contributed by atoms with van der Waals surface area (Å²) in [6.45, 7) is 15.1. The van der Waals surface area contributed by atoms with Crippen molar-refractivity contribution in [2.45, 2.75) is 129 Å². The van der Waals surface area contributed by atoms with Crippen LogP contribution in [0.3, 0.4) is 0 Å². The molecule has 15 nitrogen and oxygen atoms in total. The van der Waals surface area contributed by atoms with Gasteiger partial charge in [0.2, 0.25) is 11.8 Å². The predicted octanol–water partition coefficient (Wildman–Crippen LogP) is 11.2. The SMILES string of the molecule is Cc1c(OC2CCC(CCCCN3CCN(c4cccc5c([C@H]6CCC(=O)NC6=O)nn(C)c45)C[C@H]3C)CC2)cccc1-c1ccc(N2CCc3cccc(C(=O)Nc4nc5ccccc5s4)c3C2)nc1C(=O)OC(C)(C)C. The van der Waals surface area contributed by atoms with Gasteiger partial charge in [0.15, 0.2) is 10.8 Å². The van der Waals surface area contributed by atoms with E-state index in [2.05, 4.69) is 68.4 Å². The van der Waals surface area contributed by atoms with Gasteiger partial charge in [0.1, 0.15) is 17.2 Å². The number of hydrogen-bond donors (Lipinski definition) is 2. The Labute approximate surface area is 460 Å². The Balaban J connectivity index is 0.690. The van der Waals surface area contributed by atoms with Crippen LogP contribution in [0.4, 0.5) is 16.6 Å². The van der Waals surface area contributed by atoms with E-state index in [1.807, 2.05) is 99.2 Å². The van der Waals surface area contributed by atoms with Gasteiger partial charge in [-0.25, -0.2) is 14.8 Å². The van der Waals surface area contributed by atoms with Crippen molar-refractivity contribution in [2.24, 2.45) is 13.0 Å². The number of rotatable bonds is 14. The molecule has 0 radical (unpaired) electrons. The molecule has 0 spiro atoms. The van der Waals surface area contributed by atoms with Crippen molar-refractivity contribution < 1.29 is 28.7 Å². The van der Waals surface area contributed by atoms with E-state index in [1.54, 1.807) is 0 Å². The number of benzene rings is 4. The number of thiazole rings is 1. The number of anilines is 3. The first-order valence-electron chi connectivity index (χ1n) is 28.0. The van der Waals surface area contributed by atoms with Gasteiger partial charge < -0.3 is 19.3 Å². The first-order chi connectivity index (χ1) is 37.6. The number of ether oxygens (including phenoxy) is 2. The topological polar surface area (TPSA) is 164 Å². The van der Waals surface area contributed by atoms with Crippen molar-refractivity contribution in [3.05, 3.63) is 125 Å². The molecule has 4 aromatic carbocycles. The zero-order chi connectivity index (χ0) is 54.2. The molecule has 2 N–H and O–H groups in total. The molecule has 7 aromatic rings. The highest BCUT2D eigenvalue weighted by molar-refractivity contribution is 7.22. The van der Waals surface area contributed by atoms with E-state index in [1.165, 1.54) is 30.6 Å². The number of unbranched alkanes of at least 4 members (excludes halogenated alkanes) is 1. The fourth-order valence-electron chi connectivity index (χ4n) is 12.3. The van der Waals surface area contributed by atoms with Crippen LogP contribution in [0.25, 0.3) is 32.2 Å². The second-order valence-electron chi connectivity index (χ2n) is 22.8. The van der Waals surface area contributed by atoms with Crippen molar-refractivity contribution in [2.75, 3.05) is 47.8 Å². The Hall–Kier alpha value is -7.17. The molecule has 11 rings (SSSR count). The smallest absolute Gasteiger partial charge is 0.358 e. The minimum Gasteiger partial charge on any atom is -0.490 e. The summed E-state index contributed by atoms with van der Waals surface area (Å²) in [6.07, 6.45) is 9.59. The number of aryl methyl sites for hydroxylation is 1. The Bertz CT molecular complexity index is 3380. The van der Waals surface area contributed by atoms with Crippen LogP contribution in [0.2, 0.25) is 0 Å². The van der Waals surface area contributed by atoms with E-state index >= 15 is 0 Å². The van der Waals surface area contributed by atoms with Crippen LogP contribution >= 0.6 is 11.3 Å². The lowest BCUT2D eigenvalue weighted by Gasteiger charge is -2.41. The molecule has 78 heavy (non-hydrogen) atoms. The molecule has 0 bridgehead atoms. The molecule has 0 unspecified atom stereocenters. The molecule has 6 heterocycles. The molecule has 1 aliphatic carbocycles. The molecular formula is C62H71N9O6S. The van der Waals surface area contributed by atoms with Crippen LogP contribution in [-0.2, 0) is 34.3 Å². The molecule has 1 saturated carbocycles. The van der Waals surface area contributed by atoms with E-state index in [-0.39, 0.29) is 29.5 Å². The molecule has 3 aromatic heterocycles. The van der Waals surface area contributed by atoms with Crippen molar-refractivity contribution >= 4 is 72.8 Å². The lowest BCUT2D eigenvalue weighted by Crippen LogP contribution is -2.52. The number of aromatic nitrogens is 4. The quantitative estimate of drug-likeness (QED) is 0.0603. The molecule has 2 saturated heterocycles. The number of carbonyl (C=O) groups excluding carboxylic acids is 4. The summed E-state index contributed by atoms with van der Waals surface area (Å²) in [6, 6.07) is 30.4. The molecule has 2 atom stereocenters. The van der Waals surface area contributed by atoms with Crippen LogP contribution in [0, 0.1) is 12.8 Å². The van der Waals surface area contributed by atoms with Gasteiger partial charge in [0.25, 0.3) is 5.91 Å². The average Bonchev–Trinajstić information content (AvgIpc) is 4.06. The van der Waals surface area contributed by atoms with Gasteiger partial charge in [-0.2, -0.15) is 5.10 Å². The number of piperazine rings is 1. The van der Waals surface area contributed by atoms with Crippen molar-refractivity contribution in [1.82, 2.24) is 30.0 Å². The molecule has 4 aliphatic rings. The highest BCUT2D eigenvalue weighted by Gasteiger charge is 2.34. The molecule has 3 fully saturated rings. The minimum atomic E-state index is -0.733. The number of imide groups is 1. The number of carbonyl (C=O) groups is 4. The fourth-order valence-corrected chi connectivity index (χ4v) is 13.1. The molecule has 3 aliphatic heterocycles. The number of nitrogens with one attached hydrogen (secondary N) is 2. The number of hydrogen-bond acceptors (Lipinski definition) is 13. The van der Waals surface area contributed by atoms with Gasteiger partial charge in [-0.15, -0.1) is 0 Å². The summed E-state index contributed by atoms with van der Waals surface area (Å²) in [5, 5.41) is 11.9. The van der Waals surface area contributed by atoms with Gasteiger partial charge in [0.05, 0.1) is 39.1 Å². The maximum atomic E-state index is 14.1. The maximum absolute atomic E-state index is 14.1. The third-order valence-electron chi connectivity index (χ3n) is 16.3. The maximum Gasteiger partial charge on any atom is 0.358 e. The lowest BCUT2D eigenvalue weighted by molar-refractivity contribution is -0.134. The van der Waals surface area contributed by atoms with Crippen LogP contribution in [0.1, 0.15) is 135 Å². The van der Waals surface area contributed by atoms with E-state index < -0.39 is 17.5 Å². The molecular weight excluding hydrogens is 999 g/mol. The standard InChI is InChI=1S/C62H71N9O6S/c1-38-36-70(50-20-12-18-46-55(67-68(6)57(46)50)47-28-30-54(72)65-59(47)74)35-34-69(38)32-10-9-14-40-23-25-42(26-24-40)76-51-21-13-16-43(39(51)2)44-27-29-53(64-56(44)60(75)77-62(3,4)5)71-33-31-41-15-11-17-45(48(41)37-71)58(73)66-61-63-49-19-7-8-22-52(49)78-61/h7-8,11-13,15-22,27,29,38,40,42,47H,9-10,14,23-26,28,30-37H2,1-6H3,(H,63,66,73)(H,65,72,74)/t38-,40?,42?,47-/m1/s1. The zero-order valence-corrected chi connectivity index (χ0v) is 46.6. The zero-order valence-electron chi connectivity index (χ0n) is 45.8. The average molecular weight is 1070 g/mol. The summed E-state index contributed by atoms with van der Waals surface area (Å²) in [5.74, 6) is 0.570. The number of fused-ring (bicyclic) bond motifs is 3. The first-order valence-corrected chi connectivity index (χ1v) is 28.8. The highest BCUT2D eigenvalue weighted by atomic mass is 32.1. The summed E-state index contributed by atoms with van der Waals surface area (Å²) in [7, 11) is 1.95. The third kappa shape index (κ3) is 11.2.